The number of nitrogens with zero attached hydrogens (tertiary/aromatic N) is 3. The van der Waals surface area contributed by atoms with Crippen LogP contribution in [0.1, 0.15) is 30.8 Å². The van der Waals surface area contributed by atoms with E-state index in [9.17, 15) is 0 Å². The Bertz CT molecular complexity index is 465. The summed E-state index contributed by atoms with van der Waals surface area (Å²) in [5.74, 6) is 1.37. The summed E-state index contributed by atoms with van der Waals surface area (Å²) in [4.78, 5) is 8.63. The molecule has 18 heavy (non-hydrogen) atoms. The fourth-order valence-electron chi connectivity index (χ4n) is 1.77. The van der Waals surface area contributed by atoms with Crippen molar-refractivity contribution in [2.75, 3.05) is 7.05 Å². The SMILES string of the molecule is CCC(Cc1nc(Cc2ccccn2)no1)NC. The predicted octanol–water partition coefficient (Wildman–Crippen LogP) is 1.60. The van der Waals surface area contributed by atoms with E-state index in [2.05, 4.69) is 27.4 Å². The molecule has 1 N–H and O–H groups in total. The number of pyridine rings is 1. The van der Waals surface area contributed by atoms with Crippen molar-refractivity contribution in [1.82, 2.24) is 20.4 Å². The largest absolute Gasteiger partial charge is 0.339 e. The molecule has 2 rings (SSSR count). The highest BCUT2D eigenvalue weighted by Gasteiger charge is 2.12. The third kappa shape index (κ3) is 3.37. The molecule has 0 fully saturated rings. The summed E-state index contributed by atoms with van der Waals surface area (Å²) >= 11 is 0. The van der Waals surface area contributed by atoms with Gasteiger partial charge in [0.15, 0.2) is 5.82 Å². The van der Waals surface area contributed by atoms with Crippen LogP contribution >= 0.6 is 0 Å². The van der Waals surface area contributed by atoms with E-state index in [1.165, 1.54) is 0 Å². The molecule has 0 spiro atoms. The Labute approximate surface area is 107 Å². The van der Waals surface area contributed by atoms with Crippen molar-refractivity contribution in [2.45, 2.75) is 32.2 Å². The van der Waals surface area contributed by atoms with Gasteiger partial charge in [-0.3, -0.25) is 4.98 Å². The van der Waals surface area contributed by atoms with Gasteiger partial charge in [-0.15, -0.1) is 0 Å². The molecule has 2 aromatic heterocycles. The van der Waals surface area contributed by atoms with E-state index in [1.54, 1.807) is 6.20 Å². The van der Waals surface area contributed by atoms with Crippen molar-refractivity contribution >= 4 is 0 Å². The maximum atomic E-state index is 5.24. The predicted molar refractivity (Wildman–Crippen MR) is 68.2 cm³/mol. The zero-order chi connectivity index (χ0) is 12.8. The van der Waals surface area contributed by atoms with Gasteiger partial charge in [0.2, 0.25) is 5.89 Å². The van der Waals surface area contributed by atoms with Crippen LogP contribution in [0.4, 0.5) is 0 Å². The van der Waals surface area contributed by atoms with E-state index in [-0.39, 0.29) is 0 Å². The van der Waals surface area contributed by atoms with Crippen LogP contribution in [0, 0.1) is 0 Å². The first-order valence-electron chi connectivity index (χ1n) is 6.20. The van der Waals surface area contributed by atoms with Gasteiger partial charge in [0.05, 0.1) is 6.42 Å². The van der Waals surface area contributed by atoms with Crippen LogP contribution in [0.2, 0.25) is 0 Å². The van der Waals surface area contributed by atoms with E-state index < -0.39 is 0 Å². The molecule has 2 heterocycles. The van der Waals surface area contributed by atoms with Crippen molar-refractivity contribution in [1.29, 1.82) is 0 Å². The number of aromatic nitrogens is 3. The monoisotopic (exact) mass is 246 g/mol. The summed E-state index contributed by atoms with van der Waals surface area (Å²) in [5, 5.41) is 7.20. The van der Waals surface area contributed by atoms with Crippen LogP contribution in [-0.4, -0.2) is 28.2 Å². The van der Waals surface area contributed by atoms with Gasteiger partial charge in [-0.2, -0.15) is 4.98 Å². The maximum Gasteiger partial charge on any atom is 0.228 e. The Kier molecular flexibility index (Phi) is 4.41. The molecule has 96 valence electrons. The van der Waals surface area contributed by atoms with Crippen LogP contribution in [0.3, 0.4) is 0 Å². The third-order valence-electron chi connectivity index (χ3n) is 2.90. The molecule has 1 atom stereocenters. The normalized spacial score (nSPS) is 12.6. The summed E-state index contributed by atoms with van der Waals surface area (Å²) < 4.78 is 5.24. The van der Waals surface area contributed by atoms with E-state index >= 15 is 0 Å². The van der Waals surface area contributed by atoms with Crippen molar-refractivity contribution in [3.05, 3.63) is 41.8 Å². The van der Waals surface area contributed by atoms with Crippen LogP contribution in [0.15, 0.2) is 28.9 Å². The minimum Gasteiger partial charge on any atom is -0.339 e. The fourth-order valence-corrected chi connectivity index (χ4v) is 1.77. The Morgan fingerprint density at radius 2 is 2.28 bits per heavy atom. The second kappa shape index (κ2) is 6.26. The number of hydrogen-bond donors (Lipinski definition) is 1. The van der Waals surface area contributed by atoms with Crippen molar-refractivity contribution < 1.29 is 4.52 Å². The molecular formula is C13H18N4O. The Morgan fingerprint density at radius 1 is 1.39 bits per heavy atom. The van der Waals surface area contributed by atoms with E-state index in [0.717, 1.165) is 18.5 Å². The summed E-state index contributed by atoms with van der Waals surface area (Å²) in [5.41, 5.74) is 0.950. The van der Waals surface area contributed by atoms with Crippen LogP contribution in [0.25, 0.3) is 0 Å². The lowest BCUT2D eigenvalue weighted by Gasteiger charge is -2.09. The van der Waals surface area contributed by atoms with Gasteiger partial charge in [0.25, 0.3) is 0 Å². The van der Waals surface area contributed by atoms with E-state index in [4.69, 9.17) is 4.52 Å². The average Bonchev–Trinajstić information content (AvgIpc) is 2.84. The molecule has 0 aliphatic carbocycles. The van der Waals surface area contributed by atoms with E-state index in [1.807, 2.05) is 25.2 Å². The summed E-state index contributed by atoms with van der Waals surface area (Å²) in [6.45, 7) is 2.13. The first kappa shape index (κ1) is 12.7. The minimum absolute atomic E-state index is 0.383. The molecule has 0 saturated carbocycles. The molecule has 0 aromatic carbocycles. The van der Waals surface area contributed by atoms with Crippen molar-refractivity contribution in [3.8, 4) is 0 Å². The summed E-state index contributed by atoms with van der Waals surface area (Å²) in [7, 11) is 1.94. The summed E-state index contributed by atoms with van der Waals surface area (Å²) in [6.07, 6.45) is 4.18. The number of hydrogen-bond acceptors (Lipinski definition) is 5. The molecule has 0 aliphatic heterocycles. The standard InChI is InChI=1S/C13H18N4O/c1-3-10(14-2)9-13-16-12(17-18-13)8-11-6-4-5-7-15-11/h4-7,10,14H,3,8-9H2,1-2H3. The molecule has 0 saturated heterocycles. The van der Waals surface area contributed by atoms with Crippen LogP contribution < -0.4 is 5.32 Å². The lowest BCUT2D eigenvalue weighted by atomic mass is 10.1. The van der Waals surface area contributed by atoms with Crippen molar-refractivity contribution in [3.63, 3.8) is 0 Å². The van der Waals surface area contributed by atoms with Gasteiger partial charge in [-0.25, -0.2) is 0 Å². The van der Waals surface area contributed by atoms with Gasteiger partial charge in [-0.1, -0.05) is 18.1 Å². The average molecular weight is 246 g/mol. The molecule has 0 aliphatic rings. The Hall–Kier alpha value is -1.75. The third-order valence-corrected chi connectivity index (χ3v) is 2.90. The zero-order valence-electron chi connectivity index (χ0n) is 10.8. The molecule has 0 radical (unpaired) electrons. The number of likely N-dealkylation sites (N-methyl/N-ethyl adjacent to an activating group) is 1. The van der Waals surface area contributed by atoms with Crippen molar-refractivity contribution in [2.24, 2.45) is 0 Å². The van der Waals surface area contributed by atoms with Gasteiger partial charge in [-0.05, 0) is 25.6 Å². The maximum absolute atomic E-state index is 5.24. The van der Waals surface area contributed by atoms with Gasteiger partial charge in [0, 0.05) is 24.4 Å². The number of rotatable bonds is 6. The topological polar surface area (TPSA) is 63.8 Å². The highest BCUT2D eigenvalue weighted by atomic mass is 16.5. The molecule has 2 aromatic rings. The highest BCUT2D eigenvalue weighted by Crippen LogP contribution is 2.07. The second-order valence-electron chi connectivity index (χ2n) is 4.20. The highest BCUT2D eigenvalue weighted by molar-refractivity contribution is 5.09. The molecular weight excluding hydrogens is 228 g/mol. The fraction of sp³-hybridized carbons (Fsp3) is 0.462. The minimum atomic E-state index is 0.383. The lowest BCUT2D eigenvalue weighted by molar-refractivity contribution is 0.355. The smallest absolute Gasteiger partial charge is 0.228 e. The Morgan fingerprint density at radius 3 is 2.94 bits per heavy atom. The lowest BCUT2D eigenvalue weighted by Crippen LogP contribution is -2.26. The quantitative estimate of drug-likeness (QED) is 0.838. The molecule has 0 bridgehead atoms. The zero-order valence-corrected chi connectivity index (χ0v) is 10.8. The summed E-state index contributed by atoms with van der Waals surface area (Å²) in [6, 6.07) is 6.19. The molecule has 5 nitrogen and oxygen atoms in total. The van der Waals surface area contributed by atoms with E-state index in [0.29, 0.717) is 24.2 Å². The first-order valence-corrected chi connectivity index (χ1v) is 6.20. The second-order valence-corrected chi connectivity index (χ2v) is 4.20. The van der Waals surface area contributed by atoms with Crippen LogP contribution in [-0.2, 0) is 12.8 Å². The van der Waals surface area contributed by atoms with Gasteiger partial charge >= 0.3 is 0 Å². The Balaban J connectivity index is 1.98. The first-order chi connectivity index (χ1) is 8.81. The van der Waals surface area contributed by atoms with Gasteiger partial charge in [0.1, 0.15) is 0 Å². The number of nitrogens with one attached hydrogen (secondary N) is 1. The molecule has 0 amide bonds. The van der Waals surface area contributed by atoms with Gasteiger partial charge < -0.3 is 9.84 Å². The van der Waals surface area contributed by atoms with Crippen LogP contribution in [0.5, 0.6) is 0 Å². The molecule has 1 unspecified atom stereocenters. The molecule has 5 heteroatoms.